The van der Waals surface area contributed by atoms with E-state index in [0.29, 0.717) is 5.69 Å². The zero-order valence-electron chi connectivity index (χ0n) is 15.5. The molecule has 0 unspecified atom stereocenters. The average Bonchev–Trinajstić information content (AvgIpc) is 3.25. The zero-order chi connectivity index (χ0) is 22.2. The highest BCUT2D eigenvalue weighted by Gasteiger charge is 2.38. The van der Waals surface area contributed by atoms with Crippen molar-refractivity contribution < 1.29 is 22.1 Å². The van der Waals surface area contributed by atoms with Gasteiger partial charge in [0.05, 0.1) is 0 Å². The third-order valence-electron chi connectivity index (χ3n) is 4.39. The molecule has 0 saturated heterocycles. The second-order valence-corrected chi connectivity index (χ2v) is 6.48. The molecule has 7 nitrogen and oxygen atoms in total. The van der Waals surface area contributed by atoms with Crippen LogP contribution < -0.4 is 21.5 Å². The number of hydrogen-bond acceptors (Lipinski definition) is 7. The summed E-state index contributed by atoms with van der Waals surface area (Å²) in [6.07, 6.45) is -4.81. The first kappa shape index (κ1) is 20.3. The predicted molar refractivity (Wildman–Crippen MR) is 103 cm³/mol. The molecule has 0 aliphatic heterocycles. The molecule has 4 aromatic rings. The van der Waals surface area contributed by atoms with E-state index in [1.54, 1.807) is 30.3 Å². The molecule has 4 rings (SSSR count). The van der Waals surface area contributed by atoms with Crippen molar-refractivity contribution in [3.63, 3.8) is 0 Å². The van der Waals surface area contributed by atoms with Crippen LogP contribution in [-0.2, 0) is 12.7 Å². The second kappa shape index (κ2) is 7.67. The summed E-state index contributed by atoms with van der Waals surface area (Å²) >= 11 is 0. The van der Waals surface area contributed by atoms with Crippen molar-refractivity contribution >= 4 is 17.1 Å². The van der Waals surface area contributed by atoms with Crippen molar-refractivity contribution in [2.75, 3.05) is 10.6 Å². The van der Waals surface area contributed by atoms with Crippen molar-refractivity contribution in [3.8, 4) is 11.4 Å². The molecule has 0 fully saturated rings. The van der Waals surface area contributed by atoms with Crippen LogP contribution in [0.5, 0.6) is 0 Å². The van der Waals surface area contributed by atoms with Gasteiger partial charge in [0, 0.05) is 23.4 Å². The van der Waals surface area contributed by atoms with Gasteiger partial charge in [-0.3, -0.25) is 9.59 Å². The minimum absolute atomic E-state index is 0.0129. The van der Waals surface area contributed by atoms with Gasteiger partial charge in [-0.05, 0) is 18.2 Å². The van der Waals surface area contributed by atoms with Gasteiger partial charge in [0.2, 0.25) is 5.82 Å². The second-order valence-electron chi connectivity index (χ2n) is 6.48. The van der Waals surface area contributed by atoms with E-state index in [2.05, 4.69) is 25.3 Å². The van der Waals surface area contributed by atoms with Crippen LogP contribution in [-0.4, -0.2) is 10.1 Å². The van der Waals surface area contributed by atoms with Crippen LogP contribution in [0.15, 0.2) is 62.6 Å². The number of para-hydroxylation sites is 1. The number of halogens is 4. The van der Waals surface area contributed by atoms with Crippen LogP contribution in [0.3, 0.4) is 0 Å². The topological polar surface area (TPSA) is 97.1 Å². The van der Waals surface area contributed by atoms with E-state index >= 15 is 0 Å². The van der Waals surface area contributed by atoms with Crippen LogP contribution in [0.25, 0.3) is 11.4 Å². The van der Waals surface area contributed by atoms with Gasteiger partial charge in [-0.25, -0.2) is 4.39 Å². The third kappa shape index (κ3) is 4.02. The van der Waals surface area contributed by atoms with E-state index in [1.165, 1.54) is 12.1 Å². The van der Waals surface area contributed by atoms with E-state index in [9.17, 15) is 27.2 Å². The minimum atomic E-state index is -4.81. The Morgan fingerprint density at radius 3 is 2.32 bits per heavy atom. The van der Waals surface area contributed by atoms with Crippen LogP contribution in [0.2, 0.25) is 0 Å². The van der Waals surface area contributed by atoms with Crippen molar-refractivity contribution in [3.05, 3.63) is 86.2 Å². The summed E-state index contributed by atoms with van der Waals surface area (Å²) < 4.78 is 56.3. The van der Waals surface area contributed by atoms with Gasteiger partial charge in [0.25, 0.3) is 10.9 Å². The minimum Gasteiger partial charge on any atom is -0.376 e. The van der Waals surface area contributed by atoms with Crippen LogP contribution >= 0.6 is 0 Å². The summed E-state index contributed by atoms with van der Waals surface area (Å²) in [6, 6.07) is 12.3. The Balaban J connectivity index is 1.49. The molecule has 0 saturated carbocycles. The lowest BCUT2D eigenvalue weighted by Crippen LogP contribution is -2.36. The van der Waals surface area contributed by atoms with Crippen LogP contribution in [0, 0.1) is 5.82 Å². The Hall–Kier alpha value is -4.02. The fourth-order valence-corrected chi connectivity index (χ4v) is 2.81. The Bertz CT molecular complexity index is 1310. The van der Waals surface area contributed by atoms with E-state index in [1.807, 2.05) is 0 Å². The smallest absolute Gasteiger partial charge is 0.376 e. The van der Waals surface area contributed by atoms with Crippen LogP contribution in [0.4, 0.5) is 34.6 Å². The van der Waals surface area contributed by atoms with Gasteiger partial charge in [-0.1, -0.05) is 35.5 Å². The number of aromatic nitrogens is 2. The lowest BCUT2D eigenvalue weighted by Gasteiger charge is -2.15. The van der Waals surface area contributed by atoms with Crippen molar-refractivity contribution in [2.24, 2.45) is 0 Å². The molecular weight excluding hydrogens is 420 g/mol. The first-order valence-electron chi connectivity index (χ1n) is 8.83. The molecule has 1 heterocycles. The van der Waals surface area contributed by atoms with E-state index < -0.39 is 34.6 Å². The quantitative estimate of drug-likeness (QED) is 0.353. The summed E-state index contributed by atoms with van der Waals surface area (Å²) in [5, 5.41) is 8.76. The van der Waals surface area contributed by atoms with Crippen LogP contribution in [0.1, 0.15) is 11.5 Å². The van der Waals surface area contributed by atoms with Gasteiger partial charge < -0.3 is 15.2 Å². The highest BCUT2D eigenvalue weighted by Crippen LogP contribution is 2.30. The molecule has 1 aromatic heterocycles. The van der Waals surface area contributed by atoms with Gasteiger partial charge in [0.1, 0.15) is 17.2 Å². The standard InChI is InChI=1S/C20H12F4N4O3/c21-13-8-10(18-27-19(31-28-18)20(22,23)24)6-7-11(13)9-25-14-15(17(30)16(14)29)26-12-4-2-1-3-5-12/h1-8,25-26H,9H2. The summed E-state index contributed by atoms with van der Waals surface area (Å²) in [7, 11) is 0. The SMILES string of the molecule is O=c1c(NCc2ccc(-c3noc(C(F)(F)F)n3)cc2F)c(Nc2ccccc2)c1=O. The predicted octanol–water partition coefficient (Wildman–Crippen LogP) is 3.85. The number of alkyl halides is 3. The Morgan fingerprint density at radius 1 is 0.968 bits per heavy atom. The molecule has 0 bridgehead atoms. The van der Waals surface area contributed by atoms with Gasteiger partial charge >= 0.3 is 12.1 Å². The summed E-state index contributed by atoms with van der Waals surface area (Å²) in [4.78, 5) is 26.9. The number of nitrogens with one attached hydrogen (secondary N) is 2. The first-order chi connectivity index (χ1) is 14.7. The maximum Gasteiger partial charge on any atom is 0.471 e. The lowest BCUT2D eigenvalue weighted by atomic mass is 10.1. The molecule has 0 radical (unpaired) electrons. The van der Waals surface area contributed by atoms with Crippen molar-refractivity contribution in [2.45, 2.75) is 12.7 Å². The maximum atomic E-state index is 14.4. The molecular formula is C20H12F4N4O3. The maximum absolute atomic E-state index is 14.4. The highest BCUT2D eigenvalue weighted by atomic mass is 19.4. The number of hydrogen-bond donors (Lipinski definition) is 2. The van der Waals surface area contributed by atoms with Gasteiger partial charge in [-0.15, -0.1) is 0 Å². The first-order valence-corrected chi connectivity index (χ1v) is 8.83. The largest absolute Gasteiger partial charge is 0.471 e. The third-order valence-corrected chi connectivity index (χ3v) is 4.39. The molecule has 2 N–H and O–H groups in total. The Morgan fingerprint density at radius 2 is 1.68 bits per heavy atom. The molecule has 0 amide bonds. The number of nitrogens with zero attached hydrogens (tertiary/aromatic N) is 2. The van der Waals surface area contributed by atoms with E-state index in [0.717, 1.165) is 6.07 Å². The summed E-state index contributed by atoms with van der Waals surface area (Å²) in [5.41, 5.74) is -0.638. The Kier molecular flexibility index (Phi) is 5.01. The summed E-state index contributed by atoms with van der Waals surface area (Å²) in [6.45, 7) is -0.138. The molecule has 3 aromatic carbocycles. The fourth-order valence-electron chi connectivity index (χ4n) is 2.81. The number of anilines is 3. The fraction of sp³-hybridized carbons (Fsp3) is 0.100. The molecule has 0 aliphatic rings. The molecule has 11 heteroatoms. The van der Waals surface area contributed by atoms with E-state index in [4.69, 9.17) is 0 Å². The zero-order valence-corrected chi connectivity index (χ0v) is 15.5. The van der Waals surface area contributed by atoms with Crippen molar-refractivity contribution in [1.29, 1.82) is 0 Å². The normalized spacial score (nSPS) is 11.6. The highest BCUT2D eigenvalue weighted by molar-refractivity contribution is 5.78. The molecule has 0 aliphatic carbocycles. The lowest BCUT2D eigenvalue weighted by molar-refractivity contribution is -0.159. The molecule has 0 spiro atoms. The van der Waals surface area contributed by atoms with Gasteiger partial charge in [-0.2, -0.15) is 18.2 Å². The molecule has 0 atom stereocenters. The van der Waals surface area contributed by atoms with Gasteiger partial charge in [0.15, 0.2) is 0 Å². The Labute approximate surface area is 171 Å². The summed E-state index contributed by atoms with van der Waals surface area (Å²) in [5.74, 6) is -2.71. The number of benzene rings is 2. The molecule has 31 heavy (non-hydrogen) atoms. The number of rotatable bonds is 6. The molecule has 158 valence electrons. The van der Waals surface area contributed by atoms with Crippen molar-refractivity contribution in [1.82, 2.24) is 10.1 Å². The average molecular weight is 432 g/mol. The monoisotopic (exact) mass is 432 g/mol. The van der Waals surface area contributed by atoms with E-state index in [-0.39, 0.29) is 29.0 Å².